The normalized spacial score (nSPS) is 17.9. The van der Waals surface area contributed by atoms with Crippen LogP contribution in [0.15, 0.2) is 53.7 Å². The number of ether oxygens (including phenoxy) is 1. The van der Waals surface area contributed by atoms with Gasteiger partial charge < -0.3 is 9.64 Å². The second kappa shape index (κ2) is 10.3. The highest BCUT2D eigenvalue weighted by Crippen LogP contribution is 2.33. The first-order valence-corrected chi connectivity index (χ1v) is 13.9. The summed E-state index contributed by atoms with van der Waals surface area (Å²) in [6.45, 7) is 5.99. The van der Waals surface area contributed by atoms with E-state index in [0.29, 0.717) is 10.6 Å². The number of methoxy groups -OCH3 is 1. The van der Waals surface area contributed by atoms with Crippen molar-refractivity contribution in [2.45, 2.75) is 38.8 Å². The van der Waals surface area contributed by atoms with Crippen LogP contribution in [-0.2, 0) is 24.2 Å². The summed E-state index contributed by atoms with van der Waals surface area (Å²) in [6.07, 6.45) is 6.18. The van der Waals surface area contributed by atoms with Crippen LogP contribution < -0.4 is 10.3 Å². The quantitative estimate of drug-likeness (QED) is 0.390. The lowest BCUT2D eigenvalue weighted by molar-refractivity contribution is -0.130. The van der Waals surface area contributed by atoms with Crippen LogP contribution in [0.4, 0.5) is 0 Å². The number of pyridine rings is 1. The van der Waals surface area contributed by atoms with Gasteiger partial charge in [0, 0.05) is 68.4 Å². The molecule has 9 heteroatoms. The van der Waals surface area contributed by atoms with Crippen LogP contribution in [-0.4, -0.2) is 63.5 Å². The minimum Gasteiger partial charge on any atom is -0.481 e. The molecule has 4 heterocycles. The summed E-state index contributed by atoms with van der Waals surface area (Å²) in [4.78, 5) is 39.3. The molecule has 0 bridgehead atoms. The summed E-state index contributed by atoms with van der Waals surface area (Å²) in [5.41, 5.74) is 5.72. The van der Waals surface area contributed by atoms with Crippen molar-refractivity contribution in [2.24, 2.45) is 0 Å². The van der Waals surface area contributed by atoms with Gasteiger partial charge in [0.1, 0.15) is 4.70 Å². The van der Waals surface area contributed by atoms with E-state index in [4.69, 9.17) is 4.74 Å². The van der Waals surface area contributed by atoms with Crippen LogP contribution >= 0.6 is 11.3 Å². The van der Waals surface area contributed by atoms with Crippen molar-refractivity contribution >= 4 is 27.5 Å². The lowest BCUT2D eigenvalue weighted by atomic mass is 9.87. The minimum atomic E-state index is 0.0301. The van der Waals surface area contributed by atoms with E-state index in [2.05, 4.69) is 33.1 Å². The van der Waals surface area contributed by atoms with E-state index in [9.17, 15) is 9.59 Å². The second-order valence-corrected chi connectivity index (χ2v) is 11.2. The highest BCUT2D eigenvalue weighted by Gasteiger charge is 2.24. The first-order chi connectivity index (χ1) is 18.5. The van der Waals surface area contributed by atoms with Crippen LogP contribution in [0.25, 0.3) is 20.7 Å². The molecule has 1 amide bonds. The maximum Gasteiger partial charge on any atom is 0.271 e. The van der Waals surface area contributed by atoms with Crippen LogP contribution in [0.2, 0.25) is 0 Å². The number of rotatable bonds is 5. The summed E-state index contributed by atoms with van der Waals surface area (Å²) >= 11 is 1.47. The number of benzene rings is 1. The maximum atomic E-state index is 13.5. The van der Waals surface area contributed by atoms with Crippen LogP contribution in [0, 0.1) is 0 Å². The zero-order valence-electron chi connectivity index (χ0n) is 21.7. The molecule has 1 fully saturated rings. The Kier molecular flexibility index (Phi) is 6.71. The van der Waals surface area contributed by atoms with Gasteiger partial charge in [-0.3, -0.25) is 19.1 Å². The molecule has 6 rings (SSSR count). The Bertz CT molecular complexity index is 1540. The Labute approximate surface area is 225 Å². The van der Waals surface area contributed by atoms with E-state index >= 15 is 0 Å². The molecule has 1 aliphatic heterocycles. The number of carbonyl (C=O) groups is 1. The van der Waals surface area contributed by atoms with Crippen molar-refractivity contribution in [3.05, 3.63) is 76.0 Å². The van der Waals surface area contributed by atoms with Gasteiger partial charge in [-0.1, -0.05) is 18.2 Å². The first kappa shape index (κ1) is 24.8. The third kappa shape index (κ3) is 4.83. The predicted octanol–water partition coefficient (Wildman–Crippen LogP) is 3.92. The molecule has 38 heavy (non-hydrogen) atoms. The molecule has 0 N–H and O–H groups in total. The molecule has 1 aromatic carbocycles. The number of fused-ring (bicyclic) bond motifs is 2. The largest absolute Gasteiger partial charge is 0.481 e. The monoisotopic (exact) mass is 529 g/mol. The Morgan fingerprint density at radius 2 is 1.92 bits per heavy atom. The van der Waals surface area contributed by atoms with Crippen molar-refractivity contribution in [3.63, 3.8) is 0 Å². The fraction of sp³-hybridized carbons (Fsp3) is 0.379. The number of nitrogens with zero attached hydrogens (tertiary/aromatic N) is 5. The molecule has 1 unspecified atom stereocenters. The summed E-state index contributed by atoms with van der Waals surface area (Å²) in [5.74, 6) is 0.725. The van der Waals surface area contributed by atoms with Crippen LogP contribution in [0.1, 0.15) is 36.1 Å². The average Bonchev–Trinajstić information content (AvgIpc) is 3.39. The van der Waals surface area contributed by atoms with E-state index in [1.807, 2.05) is 27.7 Å². The van der Waals surface area contributed by atoms with Crippen molar-refractivity contribution in [2.75, 3.05) is 33.3 Å². The van der Waals surface area contributed by atoms with Gasteiger partial charge in [-0.15, -0.1) is 11.3 Å². The lowest BCUT2D eigenvalue weighted by Gasteiger charge is -2.34. The van der Waals surface area contributed by atoms with Crippen LogP contribution in [0.3, 0.4) is 0 Å². The number of thiophene rings is 1. The molecule has 8 nitrogen and oxygen atoms in total. The van der Waals surface area contributed by atoms with Gasteiger partial charge in [0.15, 0.2) is 0 Å². The van der Waals surface area contributed by atoms with E-state index in [1.165, 1.54) is 28.0 Å². The maximum absolute atomic E-state index is 13.5. The molecular formula is C29H31N5O3S. The molecule has 4 aromatic rings. The van der Waals surface area contributed by atoms with E-state index in [-0.39, 0.29) is 17.5 Å². The molecule has 1 aliphatic carbocycles. The molecule has 1 atom stereocenters. The number of hydrogen-bond acceptors (Lipinski definition) is 7. The molecule has 196 valence electrons. The SMILES string of the molecule is COc1ccc(-c2cc3ncn(C4CCc5cc(CN6CCN(C(C)=O)CC6)ccc5C4)c(=O)c3s2)cn1. The Hall–Kier alpha value is -3.56. The molecule has 0 radical (unpaired) electrons. The Morgan fingerprint density at radius 3 is 2.66 bits per heavy atom. The van der Waals surface area contributed by atoms with E-state index < -0.39 is 0 Å². The molecular weight excluding hydrogens is 498 g/mol. The van der Waals surface area contributed by atoms with Crippen LogP contribution in [0.5, 0.6) is 5.88 Å². The highest BCUT2D eigenvalue weighted by molar-refractivity contribution is 7.22. The molecule has 0 spiro atoms. The molecule has 1 saturated heterocycles. The molecule has 2 aliphatic rings. The lowest BCUT2D eigenvalue weighted by Crippen LogP contribution is -2.47. The Morgan fingerprint density at radius 1 is 1.08 bits per heavy atom. The second-order valence-electron chi connectivity index (χ2n) is 10.2. The summed E-state index contributed by atoms with van der Waals surface area (Å²) in [7, 11) is 1.59. The fourth-order valence-electron chi connectivity index (χ4n) is 5.58. The first-order valence-electron chi connectivity index (χ1n) is 13.1. The highest BCUT2D eigenvalue weighted by atomic mass is 32.1. The summed E-state index contributed by atoms with van der Waals surface area (Å²) in [5, 5.41) is 0. The molecule has 3 aromatic heterocycles. The third-order valence-electron chi connectivity index (χ3n) is 7.78. The number of hydrogen-bond donors (Lipinski definition) is 0. The number of aromatic nitrogens is 3. The van der Waals surface area contributed by atoms with Gasteiger partial charge in [0.05, 0.1) is 19.0 Å². The summed E-state index contributed by atoms with van der Waals surface area (Å²) in [6, 6.07) is 12.6. The molecule has 0 saturated carbocycles. The van der Waals surface area contributed by atoms with Gasteiger partial charge in [0.2, 0.25) is 11.8 Å². The topological polar surface area (TPSA) is 80.6 Å². The van der Waals surface area contributed by atoms with E-state index in [0.717, 1.165) is 67.9 Å². The van der Waals surface area contributed by atoms with Gasteiger partial charge in [0.25, 0.3) is 5.56 Å². The smallest absolute Gasteiger partial charge is 0.271 e. The minimum absolute atomic E-state index is 0.0301. The number of aryl methyl sites for hydroxylation is 1. The predicted molar refractivity (Wildman–Crippen MR) is 149 cm³/mol. The zero-order valence-corrected chi connectivity index (χ0v) is 22.5. The van der Waals surface area contributed by atoms with Gasteiger partial charge in [-0.25, -0.2) is 9.97 Å². The standard InChI is InChI=1S/C29H31N5O3S/c1-19(35)33-11-9-32(10-12-33)17-20-3-4-22-14-24(7-5-21(22)13-20)34-18-31-25-15-26(38-28(25)29(34)36)23-6-8-27(37-2)30-16-23/h3-4,6,8,13,15-16,18,24H,5,7,9-12,14,17H2,1-2H3. The number of carbonyl (C=O) groups excluding carboxylic acids is 1. The number of amides is 1. The van der Waals surface area contributed by atoms with Crippen molar-refractivity contribution in [3.8, 4) is 16.3 Å². The van der Waals surface area contributed by atoms with Gasteiger partial charge in [-0.05, 0) is 48.1 Å². The van der Waals surface area contributed by atoms with Crippen molar-refractivity contribution in [1.82, 2.24) is 24.3 Å². The third-order valence-corrected chi connectivity index (χ3v) is 8.94. The van der Waals surface area contributed by atoms with Crippen molar-refractivity contribution < 1.29 is 9.53 Å². The zero-order chi connectivity index (χ0) is 26.2. The fourth-order valence-corrected chi connectivity index (χ4v) is 6.62. The summed E-state index contributed by atoms with van der Waals surface area (Å²) < 4.78 is 7.67. The average molecular weight is 530 g/mol. The number of piperazine rings is 1. The van der Waals surface area contributed by atoms with E-state index in [1.54, 1.807) is 26.6 Å². The van der Waals surface area contributed by atoms with Gasteiger partial charge >= 0.3 is 0 Å². The van der Waals surface area contributed by atoms with Crippen molar-refractivity contribution in [1.29, 1.82) is 0 Å². The van der Waals surface area contributed by atoms with Gasteiger partial charge in [-0.2, -0.15) is 0 Å². The Balaban J connectivity index is 1.17.